The Morgan fingerprint density at radius 1 is 1.41 bits per heavy atom. The average molecular weight is 255 g/mol. The molecule has 0 fully saturated rings. The summed E-state index contributed by atoms with van der Waals surface area (Å²) in [5.74, 6) is -0.0747. The fraction of sp³-hybridized carbons (Fsp3) is 0.300. The van der Waals surface area contributed by atoms with Crippen LogP contribution in [0.25, 0.3) is 11.0 Å². The number of aromatic amines is 1. The highest BCUT2D eigenvalue weighted by Gasteiger charge is 2.19. The number of nitrogens with one attached hydrogen (secondary N) is 1. The molecule has 1 aromatic heterocycles. The van der Waals surface area contributed by atoms with Crippen molar-refractivity contribution in [3.8, 4) is 0 Å². The lowest BCUT2D eigenvalue weighted by molar-refractivity contribution is 0.586. The number of fused-ring (bicyclic) bond motifs is 1. The zero-order chi connectivity index (χ0) is 12.6. The molecule has 2 aromatic rings. The van der Waals surface area contributed by atoms with Crippen LogP contribution in [0.2, 0.25) is 0 Å². The summed E-state index contributed by atoms with van der Waals surface area (Å²) in [7, 11) is -3.62. The number of hydrogen-bond donors (Lipinski definition) is 2. The number of hydrogen-bond acceptors (Lipinski definition) is 4. The first-order chi connectivity index (χ1) is 7.95. The lowest BCUT2D eigenvalue weighted by atomic mass is 10.3. The van der Waals surface area contributed by atoms with Gasteiger partial charge in [-0.2, -0.15) is 3.97 Å². The van der Waals surface area contributed by atoms with Crippen molar-refractivity contribution in [1.29, 1.82) is 0 Å². The maximum atomic E-state index is 11.9. The molecular weight excluding hydrogens is 242 g/mol. The van der Waals surface area contributed by atoms with Crippen LogP contribution in [-0.2, 0) is 10.0 Å². The molecule has 2 rings (SSSR count). The molecule has 0 atom stereocenters. The van der Waals surface area contributed by atoms with E-state index < -0.39 is 15.7 Å². The van der Waals surface area contributed by atoms with Crippen molar-refractivity contribution in [2.45, 2.75) is 13.3 Å². The van der Waals surface area contributed by atoms with Crippen LogP contribution < -0.4 is 11.4 Å². The summed E-state index contributed by atoms with van der Waals surface area (Å²) >= 11 is 0. The summed E-state index contributed by atoms with van der Waals surface area (Å²) in [5, 5.41) is 0. The first-order valence-electron chi connectivity index (χ1n) is 5.19. The van der Waals surface area contributed by atoms with Gasteiger partial charge in [0, 0.05) is 5.69 Å². The Bertz CT molecular complexity index is 712. The molecule has 6 nitrogen and oxygen atoms in total. The Hall–Kier alpha value is -1.76. The van der Waals surface area contributed by atoms with Crippen LogP contribution in [0.1, 0.15) is 13.3 Å². The highest BCUT2D eigenvalue weighted by atomic mass is 32.2. The SMILES string of the molecule is CCCS(=O)(=O)n1c(=O)[nH]c2ccc(N)cc21. The lowest BCUT2D eigenvalue weighted by Gasteiger charge is -2.04. The molecule has 0 spiro atoms. The minimum absolute atomic E-state index is 0.0747. The highest BCUT2D eigenvalue weighted by molar-refractivity contribution is 7.90. The smallest absolute Gasteiger partial charge is 0.340 e. The summed E-state index contributed by atoms with van der Waals surface area (Å²) in [6.07, 6.45) is 0.448. The van der Waals surface area contributed by atoms with Crippen LogP contribution in [0.5, 0.6) is 0 Å². The molecular formula is C10H13N3O3S. The Morgan fingerprint density at radius 3 is 2.76 bits per heavy atom. The molecule has 0 radical (unpaired) electrons. The van der Waals surface area contributed by atoms with Gasteiger partial charge in [0.2, 0.25) is 10.0 Å². The van der Waals surface area contributed by atoms with E-state index in [0.717, 1.165) is 3.97 Å². The Kier molecular flexibility index (Phi) is 2.70. The van der Waals surface area contributed by atoms with E-state index in [0.29, 0.717) is 23.1 Å². The van der Waals surface area contributed by atoms with Gasteiger partial charge in [0.25, 0.3) is 0 Å². The molecule has 0 saturated carbocycles. The van der Waals surface area contributed by atoms with Crippen LogP contribution in [0.4, 0.5) is 5.69 Å². The molecule has 92 valence electrons. The van der Waals surface area contributed by atoms with Crippen molar-refractivity contribution in [1.82, 2.24) is 8.96 Å². The second-order valence-electron chi connectivity index (χ2n) is 3.79. The van der Waals surface area contributed by atoms with Gasteiger partial charge in [-0.25, -0.2) is 13.2 Å². The van der Waals surface area contributed by atoms with Crippen molar-refractivity contribution < 1.29 is 8.42 Å². The summed E-state index contributed by atoms with van der Waals surface area (Å²) in [4.78, 5) is 14.2. The van der Waals surface area contributed by atoms with Crippen molar-refractivity contribution in [3.05, 3.63) is 28.7 Å². The number of nitrogens with two attached hydrogens (primary N) is 1. The standard InChI is InChI=1S/C10H13N3O3S/c1-2-5-17(15,16)13-9-6-7(11)3-4-8(9)12-10(13)14/h3-4,6H,2,5,11H2,1H3,(H,12,14). The van der Waals surface area contributed by atoms with E-state index in [-0.39, 0.29) is 5.75 Å². The van der Waals surface area contributed by atoms with Crippen molar-refractivity contribution in [2.75, 3.05) is 11.5 Å². The number of imidazole rings is 1. The minimum Gasteiger partial charge on any atom is -0.399 e. The van der Waals surface area contributed by atoms with Gasteiger partial charge in [-0.05, 0) is 24.6 Å². The number of benzene rings is 1. The van der Waals surface area contributed by atoms with Gasteiger partial charge in [-0.3, -0.25) is 0 Å². The Morgan fingerprint density at radius 2 is 2.12 bits per heavy atom. The van der Waals surface area contributed by atoms with Gasteiger partial charge < -0.3 is 10.7 Å². The molecule has 1 heterocycles. The van der Waals surface area contributed by atoms with Gasteiger partial charge in [-0.15, -0.1) is 0 Å². The summed E-state index contributed by atoms with van der Waals surface area (Å²) in [6, 6.07) is 4.67. The van der Waals surface area contributed by atoms with E-state index in [2.05, 4.69) is 4.98 Å². The van der Waals surface area contributed by atoms with Crippen LogP contribution in [0.3, 0.4) is 0 Å². The molecule has 0 aliphatic heterocycles. The summed E-state index contributed by atoms with van der Waals surface area (Å²) in [6.45, 7) is 1.74. The van der Waals surface area contributed by atoms with E-state index in [1.54, 1.807) is 19.1 Å². The molecule has 7 heteroatoms. The number of aromatic nitrogens is 2. The maximum absolute atomic E-state index is 11.9. The minimum atomic E-state index is -3.62. The Balaban J connectivity index is 2.81. The highest BCUT2D eigenvalue weighted by Crippen LogP contribution is 2.16. The molecule has 17 heavy (non-hydrogen) atoms. The van der Waals surface area contributed by atoms with E-state index in [9.17, 15) is 13.2 Å². The molecule has 0 aliphatic carbocycles. The summed E-state index contributed by atoms with van der Waals surface area (Å²) < 4.78 is 24.7. The van der Waals surface area contributed by atoms with E-state index in [1.165, 1.54) is 6.07 Å². The molecule has 0 bridgehead atoms. The number of nitrogen functional groups attached to an aromatic ring is 1. The molecule has 1 aromatic carbocycles. The quantitative estimate of drug-likeness (QED) is 0.780. The summed E-state index contributed by atoms with van der Waals surface area (Å²) in [5.41, 5.74) is 6.11. The molecule has 3 N–H and O–H groups in total. The molecule has 0 saturated heterocycles. The topological polar surface area (TPSA) is 98.0 Å². The van der Waals surface area contributed by atoms with Gasteiger partial charge in [0.15, 0.2) is 0 Å². The first kappa shape index (κ1) is 11.7. The second-order valence-corrected chi connectivity index (χ2v) is 5.72. The van der Waals surface area contributed by atoms with Gasteiger partial charge in [0.05, 0.1) is 16.8 Å². The zero-order valence-corrected chi connectivity index (χ0v) is 10.1. The van der Waals surface area contributed by atoms with Crippen molar-refractivity contribution in [3.63, 3.8) is 0 Å². The molecule has 0 amide bonds. The third-order valence-corrected chi connectivity index (χ3v) is 4.25. The van der Waals surface area contributed by atoms with Crippen LogP contribution >= 0.6 is 0 Å². The van der Waals surface area contributed by atoms with Gasteiger partial charge >= 0.3 is 5.69 Å². The van der Waals surface area contributed by atoms with Crippen LogP contribution in [0, 0.1) is 0 Å². The second kappa shape index (κ2) is 3.92. The Labute approximate surface area is 98.1 Å². The number of nitrogens with zero attached hydrogens (tertiary/aromatic N) is 1. The van der Waals surface area contributed by atoms with E-state index in [1.807, 2.05) is 0 Å². The predicted molar refractivity (Wildman–Crippen MR) is 66.4 cm³/mol. The van der Waals surface area contributed by atoms with Gasteiger partial charge in [0.1, 0.15) is 0 Å². The fourth-order valence-corrected chi connectivity index (χ4v) is 3.17. The normalized spacial score (nSPS) is 12.1. The fourth-order valence-electron chi connectivity index (χ4n) is 1.72. The average Bonchev–Trinajstić information content (AvgIpc) is 2.53. The lowest BCUT2D eigenvalue weighted by Crippen LogP contribution is -2.27. The number of H-pyrrole nitrogens is 1. The van der Waals surface area contributed by atoms with Crippen LogP contribution in [0.15, 0.2) is 23.0 Å². The maximum Gasteiger partial charge on any atom is 0.340 e. The first-order valence-corrected chi connectivity index (χ1v) is 6.80. The van der Waals surface area contributed by atoms with Crippen LogP contribution in [-0.4, -0.2) is 23.1 Å². The van der Waals surface area contributed by atoms with E-state index in [4.69, 9.17) is 5.73 Å². The molecule has 0 unspecified atom stereocenters. The largest absolute Gasteiger partial charge is 0.399 e. The zero-order valence-electron chi connectivity index (χ0n) is 9.30. The van der Waals surface area contributed by atoms with Crippen molar-refractivity contribution >= 4 is 26.7 Å². The van der Waals surface area contributed by atoms with Crippen molar-refractivity contribution in [2.24, 2.45) is 0 Å². The number of anilines is 1. The third kappa shape index (κ3) is 1.93. The van der Waals surface area contributed by atoms with E-state index >= 15 is 0 Å². The predicted octanol–water partition coefficient (Wildman–Crippen LogP) is 0.500. The monoisotopic (exact) mass is 255 g/mol. The molecule has 0 aliphatic rings. The number of rotatable bonds is 3. The van der Waals surface area contributed by atoms with Gasteiger partial charge in [-0.1, -0.05) is 6.92 Å². The third-order valence-electron chi connectivity index (χ3n) is 2.41.